The lowest BCUT2D eigenvalue weighted by molar-refractivity contribution is -0.130. The minimum Gasteiger partial charge on any atom is -0.497 e. The molecule has 1 N–H and O–H groups in total. The third-order valence-electron chi connectivity index (χ3n) is 4.42. The number of hydrogen-bond acceptors (Lipinski definition) is 4. The number of benzene rings is 1. The van der Waals surface area contributed by atoms with Gasteiger partial charge in [0.2, 0.25) is 0 Å². The van der Waals surface area contributed by atoms with Crippen molar-refractivity contribution >= 4 is 11.9 Å². The molecule has 0 saturated heterocycles. The van der Waals surface area contributed by atoms with Gasteiger partial charge in [-0.1, -0.05) is 19.8 Å². The van der Waals surface area contributed by atoms with Crippen molar-refractivity contribution < 1.29 is 19.1 Å². The molecule has 0 spiro atoms. The molecule has 1 aromatic carbocycles. The molecule has 5 nitrogen and oxygen atoms in total. The summed E-state index contributed by atoms with van der Waals surface area (Å²) in [5, 5.41) is 3.01. The van der Waals surface area contributed by atoms with Crippen LogP contribution in [0.3, 0.4) is 0 Å². The van der Waals surface area contributed by atoms with Gasteiger partial charge in [0.1, 0.15) is 5.75 Å². The van der Waals surface area contributed by atoms with Crippen molar-refractivity contribution in [2.24, 2.45) is 5.92 Å². The summed E-state index contributed by atoms with van der Waals surface area (Å²) in [4.78, 5) is 24.3. The van der Waals surface area contributed by atoms with Crippen molar-refractivity contribution in [1.82, 2.24) is 5.32 Å². The van der Waals surface area contributed by atoms with Crippen molar-refractivity contribution in [2.45, 2.75) is 51.7 Å². The molecule has 5 heteroatoms. The second-order valence-electron chi connectivity index (χ2n) is 6.15. The molecule has 126 valence electrons. The van der Waals surface area contributed by atoms with Gasteiger partial charge in [-0.2, -0.15) is 0 Å². The van der Waals surface area contributed by atoms with Crippen molar-refractivity contribution in [3.63, 3.8) is 0 Å². The fourth-order valence-electron chi connectivity index (χ4n) is 2.84. The Hall–Kier alpha value is -2.04. The fourth-order valence-corrected chi connectivity index (χ4v) is 2.84. The van der Waals surface area contributed by atoms with E-state index in [4.69, 9.17) is 9.47 Å². The summed E-state index contributed by atoms with van der Waals surface area (Å²) in [6, 6.07) is 6.79. The Morgan fingerprint density at radius 2 is 1.83 bits per heavy atom. The highest BCUT2D eigenvalue weighted by atomic mass is 16.5. The molecule has 2 rings (SSSR count). The first-order valence-corrected chi connectivity index (χ1v) is 8.16. The quantitative estimate of drug-likeness (QED) is 0.848. The summed E-state index contributed by atoms with van der Waals surface area (Å²) in [5.41, 5.74) is 0.400. The predicted octanol–water partition coefficient (Wildman–Crippen LogP) is 2.94. The summed E-state index contributed by atoms with van der Waals surface area (Å²) in [6.07, 6.45) is 3.67. The zero-order valence-electron chi connectivity index (χ0n) is 14.0. The van der Waals surface area contributed by atoms with Crippen LogP contribution in [-0.4, -0.2) is 31.1 Å². The fraction of sp³-hybridized carbons (Fsp3) is 0.556. The largest absolute Gasteiger partial charge is 0.497 e. The molecule has 1 amide bonds. The number of amides is 1. The maximum atomic E-state index is 12.2. The smallest absolute Gasteiger partial charge is 0.338 e. The summed E-state index contributed by atoms with van der Waals surface area (Å²) in [5.74, 6) is 0.397. The molecule has 1 aliphatic rings. The molecule has 0 bridgehead atoms. The van der Waals surface area contributed by atoms with E-state index in [9.17, 15) is 9.59 Å². The molecule has 1 aliphatic carbocycles. The van der Waals surface area contributed by atoms with Crippen LogP contribution < -0.4 is 10.1 Å². The number of carbonyl (C=O) groups is 2. The summed E-state index contributed by atoms with van der Waals surface area (Å²) in [6.45, 7) is 3.75. The van der Waals surface area contributed by atoms with Crippen LogP contribution in [0.5, 0.6) is 5.75 Å². The maximum absolute atomic E-state index is 12.2. The van der Waals surface area contributed by atoms with Gasteiger partial charge in [-0.25, -0.2) is 4.79 Å². The Kier molecular flexibility index (Phi) is 6.02. The standard InChI is InChI=1S/C18H25NO4/c1-12-6-4-5-7-16(12)19-17(20)13(2)23-18(21)14-8-10-15(22-3)11-9-14/h8-13,16H,4-7H2,1-3H3,(H,19,20)/t12-,13-,16-/m1/s1. The Labute approximate surface area is 137 Å². The van der Waals surface area contributed by atoms with E-state index in [0.29, 0.717) is 17.2 Å². The number of nitrogens with one attached hydrogen (secondary N) is 1. The highest BCUT2D eigenvalue weighted by Crippen LogP contribution is 2.23. The van der Waals surface area contributed by atoms with Crippen molar-refractivity contribution in [3.8, 4) is 5.75 Å². The number of methoxy groups -OCH3 is 1. The first kappa shape index (κ1) is 17.3. The van der Waals surface area contributed by atoms with Gasteiger partial charge in [-0.05, 0) is 49.9 Å². The monoisotopic (exact) mass is 319 g/mol. The van der Waals surface area contributed by atoms with Crippen LogP contribution in [-0.2, 0) is 9.53 Å². The van der Waals surface area contributed by atoms with E-state index in [-0.39, 0.29) is 11.9 Å². The number of carbonyl (C=O) groups excluding carboxylic acids is 2. The van der Waals surface area contributed by atoms with Gasteiger partial charge >= 0.3 is 5.97 Å². The van der Waals surface area contributed by atoms with Crippen LogP contribution in [0.1, 0.15) is 49.9 Å². The zero-order valence-corrected chi connectivity index (χ0v) is 14.0. The van der Waals surface area contributed by atoms with Crippen LogP contribution in [0.15, 0.2) is 24.3 Å². The highest BCUT2D eigenvalue weighted by Gasteiger charge is 2.26. The average Bonchev–Trinajstić information content (AvgIpc) is 2.56. The third kappa shape index (κ3) is 4.71. The minimum atomic E-state index is -0.807. The van der Waals surface area contributed by atoms with Gasteiger partial charge in [0, 0.05) is 6.04 Å². The lowest BCUT2D eigenvalue weighted by Crippen LogP contribution is -2.45. The van der Waals surface area contributed by atoms with Crippen molar-refractivity contribution in [1.29, 1.82) is 0 Å². The Morgan fingerprint density at radius 3 is 2.43 bits per heavy atom. The number of rotatable bonds is 5. The van der Waals surface area contributed by atoms with Gasteiger partial charge in [-0.15, -0.1) is 0 Å². The molecule has 0 unspecified atom stereocenters. The molecule has 0 radical (unpaired) electrons. The third-order valence-corrected chi connectivity index (χ3v) is 4.42. The molecule has 0 aliphatic heterocycles. The van der Waals surface area contributed by atoms with Gasteiger partial charge in [0.15, 0.2) is 6.10 Å². The van der Waals surface area contributed by atoms with Crippen molar-refractivity contribution in [2.75, 3.05) is 7.11 Å². The molecule has 0 aromatic heterocycles. The summed E-state index contributed by atoms with van der Waals surface area (Å²) < 4.78 is 10.3. The summed E-state index contributed by atoms with van der Waals surface area (Å²) >= 11 is 0. The molecule has 1 saturated carbocycles. The van der Waals surface area contributed by atoms with E-state index < -0.39 is 12.1 Å². The second kappa shape index (κ2) is 7.99. The predicted molar refractivity (Wildman–Crippen MR) is 87.4 cm³/mol. The van der Waals surface area contributed by atoms with E-state index in [1.807, 2.05) is 0 Å². The van der Waals surface area contributed by atoms with Crippen LogP contribution in [0.25, 0.3) is 0 Å². The Morgan fingerprint density at radius 1 is 1.17 bits per heavy atom. The number of ether oxygens (including phenoxy) is 2. The Balaban J connectivity index is 1.87. The average molecular weight is 319 g/mol. The SMILES string of the molecule is COc1ccc(C(=O)O[C@H](C)C(=O)N[C@@H]2CCCC[C@H]2C)cc1. The minimum absolute atomic E-state index is 0.179. The molecule has 1 aromatic rings. The van der Waals surface area contributed by atoms with Crippen molar-refractivity contribution in [3.05, 3.63) is 29.8 Å². The molecular formula is C18H25NO4. The second-order valence-corrected chi connectivity index (χ2v) is 6.15. The van der Waals surface area contributed by atoms with Gasteiger partial charge in [-0.3, -0.25) is 4.79 Å². The zero-order chi connectivity index (χ0) is 16.8. The van der Waals surface area contributed by atoms with Gasteiger partial charge in [0.25, 0.3) is 5.91 Å². The van der Waals surface area contributed by atoms with E-state index in [0.717, 1.165) is 19.3 Å². The maximum Gasteiger partial charge on any atom is 0.338 e. The van der Waals surface area contributed by atoms with Gasteiger partial charge in [0.05, 0.1) is 12.7 Å². The van der Waals surface area contributed by atoms with Crippen LogP contribution in [0.4, 0.5) is 0 Å². The Bertz CT molecular complexity index is 540. The topological polar surface area (TPSA) is 64.6 Å². The van der Waals surface area contributed by atoms with E-state index in [2.05, 4.69) is 12.2 Å². The lowest BCUT2D eigenvalue weighted by atomic mass is 9.86. The number of hydrogen-bond donors (Lipinski definition) is 1. The van der Waals surface area contributed by atoms with E-state index in [1.165, 1.54) is 6.42 Å². The first-order chi connectivity index (χ1) is 11.0. The lowest BCUT2D eigenvalue weighted by Gasteiger charge is -2.30. The van der Waals surface area contributed by atoms with E-state index in [1.54, 1.807) is 38.3 Å². The molecule has 23 heavy (non-hydrogen) atoms. The van der Waals surface area contributed by atoms with Crippen LogP contribution in [0.2, 0.25) is 0 Å². The van der Waals surface area contributed by atoms with Crippen LogP contribution in [0, 0.1) is 5.92 Å². The molecule has 3 atom stereocenters. The highest BCUT2D eigenvalue weighted by molar-refractivity contribution is 5.92. The van der Waals surface area contributed by atoms with Crippen LogP contribution >= 0.6 is 0 Å². The molecular weight excluding hydrogens is 294 g/mol. The molecule has 0 heterocycles. The normalized spacial score (nSPS) is 22.0. The first-order valence-electron chi connectivity index (χ1n) is 8.16. The van der Waals surface area contributed by atoms with Gasteiger partial charge < -0.3 is 14.8 Å². The van der Waals surface area contributed by atoms with E-state index >= 15 is 0 Å². The number of esters is 1. The molecule has 1 fully saturated rings. The summed E-state index contributed by atoms with van der Waals surface area (Å²) in [7, 11) is 1.56.